The molecule has 0 heterocycles. The van der Waals surface area contributed by atoms with Gasteiger partial charge in [0, 0.05) is 60.5 Å². The molecular weight excluding hydrogens is 1160 g/mol. The van der Waals surface area contributed by atoms with Gasteiger partial charge in [0.05, 0.1) is 0 Å². The highest BCUT2D eigenvalue weighted by Crippen LogP contribution is 2.24. The molecule has 1 heteroatoms. The van der Waals surface area contributed by atoms with Gasteiger partial charge in [-0.1, -0.05) is 349 Å². The Morgan fingerprint density at radius 1 is 0.200 bits per heavy atom. The van der Waals surface area contributed by atoms with Crippen molar-refractivity contribution < 1.29 is 0 Å². The van der Waals surface area contributed by atoms with Crippen LogP contribution in [0, 0.1) is 59.2 Å². The molecule has 1 radical (unpaired) electrons. The number of hydrogen-bond acceptors (Lipinski definition) is 0. The maximum Gasteiger partial charge on any atom is 0.0377 e. The van der Waals surface area contributed by atoms with Crippen LogP contribution in [-0.4, -0.2) is 0 Å². The van der Waals surface area contributed by atoms with Crippen LogP contribution in [0.25, 0.3) is 0 Å². The third kappa shape index (κ3) is 34.2. The average Bonchev–Trinajstić information content (AvgIpc) is 1.15. The van der Waals surface area contributed by atoms with Gasteiger partial charge in [-0.15, -0.1) is 0 Å². The molecule has 0 N–H and O–H groups in total. The van der Waals surface area contributed by atoms with Crippen LogP contribution in [0.5, 0.6) is 0 Å². The Bertz CT molecular complexity index is 3380. The molecule has 0 aromatic heterocycles. The van der Waals surface area contributed by atoms with Gasteiger partial charge in [0.15, 0.2) is 0 Å². The molecule has 0 nitrogen and oxygen atoms in total. The van der Waals surface area contributed by atoms with Crippen molar-refractivity contribution in [1.82, 2.24) is 0 Å². The summed E-state index contributed by atoms with van der Waals surface area (Å²) in [5.74, 6) is 36.0. The topological polar surface area (TPSA) is 0 Å². The number of hydrogen-bond donors (Lipinski definition) is 0. The van der Waals surface area contributed by atoms with E-state index >= 15 is 0 Å². The lowest BCUT2D eigenvalue weighted by molar-refractivity contribution is 0.556. The van der Waals surface area contributed by atoms with Crippen LogP contribution in [0.2, 0.25) is 0 Å². The van der Waals surface area contributed by atoms with Gasteiger partial charge < -0.3 is 0 Å². The predicted octanol–water partition coefficient (Wildman–Crippen LogP) is 27.1. The normalized spacial score (nSPS) is 10.7. The van der Waals surface area contributed by atoms with Crippen molar-refractivity contribution >= 4 is 12.6 Å². The van der Waals surface area contributed by atoms with Gasteiger partial charge in [0.1, 0.15) is 0 Å². The van der Waals surface area contributed by atoms with Crippen LogP contribution in [0.4, 0.5) is 0 Å². The second-order valence-electron chi connectivity index (χ2n) is 27.4. The first-order valence-electron chi connectivity index (χ1n) is 38.9. The first kappa shape index (κ1) is 77.3. The van der Waals surface area contributed by atoms with Crippen molar-refractivity contribution in [2.24, 2.45) is 0 Å². The van der Waals surface area contributed by atoms with Gasteiger partial charge in [0.25, 0.3) is 0 Å². The summed E-state index contributed by atoms with van der Waals surface area (Å²) in [5.41, 5.74) is 15.9. The second kappa shape index (κ2) is 50.7. The number of rotatable bonds is 44. The Hall–Kier alpha value is -6.66. The Morgan fingerprint density at radius 2 is 0.400 bits per heavy atom. The molecule has 0 unspecified atom stereocenters. The predicted molar refractivity (Wildman–Crippen MR) is 417 cm³/mol. The van der Waals surface area contributed by atoms with E-state index in [0.29, 0.717) is 0 Å². The summed E-state index contributed by atoms with van der Waals surface area (Å²) in [7, 11) is 0. The Kier molecular flexibility index (Phi) is 41.3. The maximum atomic E-state index is 5.35. The molecule has 0 aliphatic rings. The lowest BCUT2D eigenvalue weighted by Gasteiger charge is -2.08. The highest BCUT2D eigenvalue weighted by molar-refractivity contribution is 7.80. The van der Waals surface area contributed by atoms with Crippen molar-refractivity contribution in [3.8, 4) is 59.2 Å². The van der Waals surface area contributed by atoms with Gasteiger partial charge in [-0.3, -0.25) is 0 Å². The first-order chi connectivity index (χ1) is 46.9. The maximum absolute atomic E-state index is 5.35. The van der Waals surface area contributed by atoms with Gasteiger partial charge in [0.2, 0.25) is 0 Å². The summed E-state index contributed by atoms with van der Waals surface area (Å²) >= 11 is 5.35. The van der Waals surface area contributed by atoms with Crippen LogP contribution < -0.4 is 0 Å². The summed E-state index contributed by atoms with van der Waals surface area (Å²) in [4.78, 5) is 0.838. The van der Waals surface area contributed by atoms with Crippen molar-refractivity contribution in [2.45, 2.75) is 315 Å². The molecule has 0 bridgehead atoms. The van der Waals surface area contributed by atoms with E-state index in [9.17, 15) is 0 Å². The van der Waals surface area contributed by atoms with Gasteiger partial charge in [-0.25, -0.2) is 0 Å². The van der Waals surface area contributed by atoms with E-state index in [0.717, 1.165) is 105 Å². The smallest absolute Gasteiger partial charge is 0.0377 e. The van der Waals surface area contributed by atoms with E-state index in [-0.39, 0.29) is 0 Å². The molecular formula is C94H121S. The standard InChI is InChI=1S/C94H121S/c1-5-9-13-17-21-25-29-33-37-44-50-90-76-82(55-54-81-64-74-94(95)75-65-81)57-67-87(90)69-59-84-61-71-89(92(78-84)52-46-39-35-31-27-23-19-15-11-7-3)73-63-85-62-72-88(93(79-85)53-47-40-36-32-28-24-20-16-12-8-4)70-60-83-58-68-86(66-56-80-48-42-41-43-49-80)91(77-83)51-45-38-34-30-26-22-18-14-10-6-2/h41-43,48-49,57-58,61-62,64-65,67-68,71-72,74-79H,5-40,44-47,50-53H2,1-4H3. The number of unbranched alkanes of at least 4 members (excludes halogenated alkanes) is 36. The van der Waals surface area contributed by atoms with Crippen LogP contribution >= 0.6 is 12.6 Å². The third-order valence-corrected chi connectivity index (χ3v) is 19.2. The quantitative estimate of drug-likeness (QED) is 0.0264. The molecule has 0 saturated carbocycles. The zero-order chi connectivity index (χ0) is 66.7. The fraction of sp³-hybridized carbons (Fsp3) is 0.511. The van der Waals surface area contributed by atoms with Gasteiger partial charge in [-0.2, -0.15) is 0 Å². The van der Waals surface area contributed by atoms with Crippen molar-refractivity contribution in [3.63, 3.8) is 0 Å². The van der Waals surface area contributed by atoms with Crippen LogP contribution in [0.1, 0.15) is 362 Å². The summed E-state index contributed by atoms with van der Waals surface area (Å²) in [6.07, 6.45) is 57.0. The Morgan fingerprint density at radius 3 is 0.663 bits per heavy atom. The number of benzene rings is 6. The molecule has 0 aliphatic carbocycles. The summed E-state index contributed by atoms with van der Waals surface area (Å²) in [5, 5.41) is 0. The highest BCUT2D eigenvalue weighted by Gasteiger charge is 2.09. The second-order valence-corrected chi connectivity index (χ2v) is 27.8. The lowest BCUT2D eigenvalue weighted by atomic mass is 9.95. The zero-order valence-electron chi connectivity index (χ0n) is 60.1. The highest BCUT2D eigenvalue weighted by atomic mass is 32.1. The molecule has 6 aromatic rings. The Labute approximate surface area is 588 Å². The fourth-order valence-corrected chi connectivity index (χ4v) is 13.1. The van der Waals surface area contributed by atoms with Gasteiger partial charge >= 0.3 is 0 Å². The molecule has 503 valence electrons. The lowest BCUT2D eigenvalue weighted by Crippen LogP contribution is -1.95. The minimum Gasteiger partial charge on any atom is -0.0801 e. The first-order valence-corrected chi connectivity index (χ1v) is 39.3. The molecule has 0 aliphatic heterocycles. The summed E-state index contributed by atoms with van der Waals surface area (Å²) in [6, 6.07) is 45.4. The largest absolute Gasteiger partial charge is 0.0801 e. The fourth-order valence-electron chi connectivity index (χ4n) is 13.0. The summed E-state index contributed by atoms with van der Waals surface area (Å²) in [6.45, 7) is 9.21. The van der Waals surface area contributed by atoms with Crippen molar-refractivity contribution in [1.29, 1.82) is 0 Å². The monoisotopic (exact) mass is 1280 g/mol. The molecule has 95 heavy (non-hydrogen) atoms. The summed E-state index contributed by atoms with van der Waals surface area (Å²) < 4.78 is 0. The van der Waals surface area contributed by atoms with Crippen LogP contribution in [0.3, 0.4) is 0 Å². The van der Waals surface area contributed by atoms with E-state index in [1.807, 2.05) is 24.3 Å². The molecule has 0 spiro atoms. The molecule has 6 rings (SSSR count). The minimum atomic E-state index is 0.838. The minimum absolute atomic E-state index is 0.838. The van der Waals surface area contributed by atoms with E-state index in [2.05, 4.69) is 190 Å². The van der Waals surface area contributed by atoms with E-state index in [1.54, 1.807) is 0 Å². The molecule has 6 aromatic carbocycles. The third-order valence-electron chi connectivity index (χ3n) is 19.0. The van der Waals surface area contributed by atoms with E-state index in [4.69, 9.17) is 12.6 Å². The van der Waals surface area contributed by atoms with E-state index < -0.39 is 0 Å². The van der Waals surface area contributed by atoms with Crippen molar-refractivity contribution in [2.75, 3.05) is 0 Å². The zero-order valence-corrected chi connectivity index (χ0v) is 61.0. The molecule has 0 amide bonds. The SMILES string of the molecule is CCCCCCCCCCCCc1cc(C#Cc2ccc(C#Cc3ccc(C#Cc4ccc(C#Cc5ccc([S])cc5)cc4CCCCCCCCCCCC)cc3CCCCCCCCCCCC)cc2CCCCCCCCCCCC)ccc1C#Cc1ccccc1. The van der Waals surface area contributed by atoms with E-state index in [1.165, 1.54) is 260 Å². The average molecular weight is 1280 g/mol. The molecule has 0 saturated heterocycles. The van der Waals surface area contributed by atoms with Crippen LogP contribution in [-0.2, 0) is 25.7 Å². The Balaban J connectivity index is 1.25. The molecule has 0 atom stereocenters. The van der Waals surface area contributed by atoms with Crippen LogP contribution in [0.15, 0.2) is 132 Å². The molecule has 0 fully saturated rings. The number of aryl methyl sites for hydroxylation is 4. The van der Waals surface area contributed by atoms with Crippen molar-refractivity contribution in [3.05, 3.63) is 205 Å². The van der Waals surface area contributed by atoms with Gasteiger partial charge in [-0.05, 0) is 183 Å².